The molecular weight excluding hydrogens is 344 g/mol. The molecule has 2 N–H and O–H groups in total. The predicted octanol–water partition coefficient (Wildman–Crippen LogP) is 0.540. The average molecular weight is 366 g/mol. The Morgan fingerprint density at radius 3 is 2.68 bits per heavy atom. The number of aliphatic hydroxyl groups is 1. The number of amides is 1. The van der Waals surface area contributed by atoms with E-state index in [4.69, 9.17) is 16.3 Å². The van der Waals surface area contributed by atoms with E-state index >= 15 is 0 Å². The van der Waals surface area contributed by atoms with Gasteiger partial charge in [0.2, 0.25) is 0 Å². The number of nitrogens with zero attached hydrogens (tertiary/aromatic N) is 1. The van der Waals surface area contributed by atoms with Gasteiger partial charge in [-0.15, -0.1) is 0 Å². The van der Waals surface area contributed by atoms with E-state index in [0.717, 1.165) is 19.6 Å². The van der Waals surface area contributed by atoms with Crippen molar-refractivity contribution in [3.63, 3.8) is 0 Å². The van der Waals surface area contributed by atoms with Crippen molar-refractivity contribution in [2.24, 2.45) is 0 Å². The number of rotatable bonds is 5. The lowest BCUT2D eigenvalue weighted by atomic mass is 9.96. The number of morpholine rings is 1. The quantitative estimate of drug-likeness (QED) is 0.799. The minimum atomic E-state index is -0.640. The third-order valence-corrected chi connectivity index (χ3v) is 5.13. The summed E-state index contributed by atoms with van der Waals surface area (Å²) in [6, 6.07) is 6.47. The van der Waals surface area contributed by atoms with Gasteiger partial charge in [-0.3, -0.25) is 9.59 Å². The molecule has 1 atom stereocenters. The molecule has 1 saturated heterocycles. The standard InChI is InChI=1S/C18H21ClN2O4/c1-12(22)15-16(13-4-2-3-5-14(13)19)21(18(24)17(15)23)7-6-20-8-10-25-11-9-20/h2-5,16,23H,6-11H2,1H3/p+1/t16-/m0/s1. The van der Waals surface area contributed by atoms with E-state index in [9.17, 15) is 14.7 Å². The maximum absolute atomic E-state index is 12.6. The molecule has 1 fully saturated rings. The second-order valence-electron chi connectivity index (χ2n) is 6.35. The van der Waals surface area contributed by atoms with Gasteiger partial charge in [-0.1, -0.05) is 29.8 Å². The van der Waals surface area contributed by atoms with Gasteiger partial charge in [0.15, 0.2) is 11.5 Å². The molecule has 7 heteroatoms. The van der Waals surface area contributed by atoms with Crippen molar-refractivity contribution in [2.45, 2.75) is 13.0 Å². The van der Waals surface area contributed by atoms with E-state index in [1.54, 1.807) is 23.1 Å². The zero-order chi connectivity index (χ0) is 18.0. The summed E-state index contributed by atoms with van der Waals surface area (Å²) in [5.74, 6) is -1.30. The van der Waals surface area contributed by atoms with E-state index in [-0.39, 0.29) is 11.4 Å². The highest BCUT2D eigenvalue weighted by Crippen LogP contribution is 2.39. The third kappa shape index (κ3) is 3.56. The van der Waals surface area contributed by atoms with E-state index in [2.05, 4.69) is 0 Å². The number of Topliss-reactive ketones (excluding diaryl/α,β-unsaturated/α-hetero) is 1. The lowest BCUT2D eigenvalue weighted by Crippen LogP contribution is -3.14. The highest BCUT2D eigenvalue weighted by atomic mass is 35.5. The van der Waals surface area contributed by atoms with Crippen molar-refractivity contribution < 1.29 is 24.3 Å². The number of nitrogens with one attached hydrogen (secondary N) is 1. The molecule has 0 unspecified atom stereocenters. The van der Waals surface area contributed by atoms with Crippen LogP contribution in [-0.4, -0.2) is 61.1 Å². The van der Waals surface area contributed by atoms with E-state index in [1.807, 2.05) is 6.07 Å². The molecule has 2 heterocycles. The first-order valence-corrected chi connectivity index (χ1v) is 8.79. The fourth-order valence-electron chi connectivity index (χ4n) is 3.45. The zero-order valence-corrected chi connectivity index (χ0v) is 14.9. The van der Waals surface area contributed by atoms with Gasteiger partial charge >= 0.3 is 0 Å². The largest absolute Gasteiger partial charge is 0.503 e. The van der Waals surface area contributed by atoms with Crippen LogP contribution in [0.4, 0.5) is 0 Å². The number of carbonyl (C=O) groups is 2. The van der Waals surface area contributed by atoms with Crippen LogP contribution in [0.25, 0.3) is 0 Å². The number of carbonyl (C=O) groups excluding carboxylic acids is 2. The average Bonchev–Trinajstić information content (AvgIpc) is 2.85. The first-order valence-electron chi connectivity index (χ1n) is 8.41. The molecule has 134 valence electrons. The summed E-state index contributed by atoms with van der Waals surface area (Å²) >= 11 is 6.31. The van der Waals surface area contributed by atoms with Crippen LogP contribution in [0.3, 0.4) is 0 Å². The summed E-state index contributed by atoms with van der Waals surface area (Å²) in [5.41, 5.74) is 0.777. The Morgan fingerprint density at radius 2 is 2.04 bits per heavy atom. The first kappa shape index (κ1) is 17.9. The highest BCUT2D eigenvalue weighted by molar-refractivity contribution is 6.31. The maximum Gasteiger partial charge on any atom is 0.290 e. The second-order valence-corrected chi connectivity index (χ2v) is 6.76. The number of ether oxygens (including phenoxy) is 1. The third-order valence-electron chi connectivity index (χ3n) is 4.79. The molecular formula is C18H22ClN2O4+. The molecule has 0 saturated carbocycles. The van der Waals surface area contributed by atoms with Gasteiger partial charge in [0.05, 0.1) is 37.9 Å². The fraction of sp³-hybridized carbons (Fsp3) is 0.444. The minimum absolute atomic E-state index is 0.120. The number of aliphatic hydroxyl groups excluding tert-OH is 1. The van der Waals surface area contributed by atoms with E-state index in [0.29, 0.717) is 30.3 Å². The van der Waals surface area contributed by atoms with Crippen LogP contribution in [0.1, 0.15) is 18.5 Å². The zero-order valence-electron chi connectivity index (χ0n) is 14.1. The van der Waals surface area contributed by atoms with Gasteiger partial charge < -0.3 is 19.6 Å². The van der Waals surface area contributed by atoms with Crippen LogP contribution >= 0.6 is 11.6 Å². The Hall–Kier alpha value is -1.89. The van der Waals surface area contributed by atoms with Crippen LogP contribution in [0.5, 0.6) is 0 Å². The Bertz CT molecular complexity index is 713. The molecule has 0 aromatic heterocycles. The first-order chi connectivity index (χ1) is 12.0. The van der Waals surface area contributed by atoms with Crippen LogP contribution in [0.2, 0.25) is 5.02 Å². The molecule has 1 aromatic rings. The summed E-state index contributed by atoms with van der Waals surface area (Å²) in [4.78, 5) is 27.6. The number of ketones is 1. The van der Waals surface area contributed by atoms with Gasteiger partial charge in [0.1, 0.15) is 13.1 Å². The highest BCUT2D eigenvalue weighted by Gasteiger charge is 2.43. The second kappa shape index (κ2) is 7.56. The van der Waals surface area contributed by atoms with Crippen LogP contribution in [-0.2, 0) is 14.3 Å². The number of halogens is 1. The molecule has 1 amide bonds. The fourth-order valence-corrected chi connectivity index (χ4v) is 3.69. The Morgan fingerprint density at radius 1 is 1.36 bits per heavy atom. The molecule has 1 aromatic carbocycles. The van der Waals surface area contributed by atoms with Crippen molar-refractivity contribution in [3.05, 3.63) is 46.2 Å². The SMILES string of the molecule is CC(=O)C1=C(O)C(=O)N(CC[NH+]2CCOCC2)[C@H]1c1ccccc1Cl. The van der Waals surface area contributed by atoms with Gasteiger partial charge in [-0.05, 0) is 18.6 Å². The van der Waals surface area contributed by atoms with E-state index < -0.39 is 17.7 Å². The summed E-state index contributed by atoms with van der Waals surface area (Å²) in [7, 11) is 0. The summed E-state index contributed by atoms with van der Waals surface area (Å²) < 4.78 is 5.35. The molecule has 0 aliphatic carbocycles. The maximum atomic E-state index is 12.6. The van der Waals surface area contributed by atoms with Crippen LogP contribution < -0.4 is 4.90 Å². The lowest BCUT2D eigenvalue weighted by Gasteiger charge is -2.30. The minimum Gasteiger partial charge on any atom is -0.503 e. The molecule has 0 spiro atoms. The van der Waals surface area contributed by atoms with Crippen molar-refractivity contribution in [2.75, 3.05) is 39.4 Å². The molecule has 25 heavy (non-hydrogen) atoms. The van der Waals surface area contributed by atoms with E-state index in [1.165, 1.54) is 11.8 Å². The topological polar surface area (TPSA) is 71.3 Å². The summed E-state index contributed by atoms with van der Waals surface area (Å²) in [6.45, 7) is 5.72. The Labute approximate surface area is 151 Å². The lowest BCUT2D eigenvalue weighted by molar-refractivity contribution is -0.907. The van der Waals surface area contributed by atoms with Gasteiger partial charge in [0, 0.05) is 5.02 Å². The van der Waals surface area contributed by atoms with Crippen LogP contribution in [0.15, 0.2) is 35.6 Å². The number of quaternary nitrogens is 1. The molecule has 2 aliphatic rings. The van der Waals surface area contributed by atoms with Gasteiger partial charge in [0.25, 0.3) is 5.91 Å². The van der Waals surface area contributed by atoms with Crippen molar-refractivity contribution in [3.8, 4) is 0 Å². The summed E-state index contributed by atoms with van der Waals surface area (Å²) in [6.07, 6.45) is 0. The predicted molar refractivity (Wildman–Crippen MR) is 92.6 cm³/mol. The molecule has 0 radical (unpaired) electrons. The van der Waals surface area contributed by atoms with Crippen molar-refractivity contribution in [1.29, 1.82) is 0 Å². The van der Waals surface area contributed by atoms with Crippen LogP contribution in [0, 0.1) is 0 Å². The van der Waals surface area contributed by atoms with Gasteiger partial charge in [-0.2, -0.15) is 0 Å². The smallest absolute Gasteiger partial charge is 0.290 e. The Balaban J connectivity index is 1.88. The summed E-state index contributed by atoms with van der Waals surface area (Å²) in [5, 5.41) is 10.7. The van der Waals surface area contributed by atoms with Gasteiger partial charge in [-0.25, -0.2) is 0 Å². The Kier molecular flexibility index (Phi) is 5.42. The van der Waals surface area contributed by atoms with Crippen molar-refractivity contribution in [1.82, 2.24) is 4.90 Å². The normalized spacial score (nSPS) is 21.9. The number of benzene rings is 1. The number of hydrogen-bond donors (Lipinski definition) is 2. The molecule has 0 bridgehead atoms. The molecule has 2 aliphatic heterocycles. The van der Waals surface area contributed by atoms with Crippen molar-refractivity contribution >= 4 is 23.3 Å². The molecule has 6 nitrogen and oxygen atoms in total. The monoisotopic (exact) mass is 365 g/mol. The number of hydrogen-bond acceptors (Lipinski definition) is 4. The molecule has 3 rings (SSSR count).